The normalized spacial score (nSPS) is 17.5. The molecular weight excluding hydrogens is 436 g/mol. The van der Waals surface area contributed by atoms with Crippen LogP contribution in [0.25, 0.3) is 0 Å². The lowest BCUT2D eigenvalue weighted by Crippen LogP contribution is -2.48. The van der Waals surface area contributed by atoms with Gasteiger partial charge in [0.05, 0.1) is 16.2 Å². The number of anilines is 2. The van der Waals surface area contributed by atoms with Gasteiger partial charge in [-0.25, -0.2) is 13.4 Å². The highest BCUT2D eigenvalue weighted by atomic mass is 32.2. The topological polar surface area (TPSA) is 143 Å². The highest BCUT2D eigenvalue weighted by Crippen LogP contribution is 2.34. The zero-order valence-corrected chi connectivity index (χ0v) is 18.2. The lowest BCUT2D eigenvalue weighted by Gasteiger charge is -2.38. The van der Waals surface area contributed by atoms with Crippen LogP contribution in [0.3, 0.4) is 0 Å². The van der Waals surface area contributed by atoms with E-state index in [1.54, 1.807) is 18.3 Å². The van der Waals surface area contributed by atoms with Gasteiger partial charge in [-0.15, -0.1) is 0 Å². The van der Waals surface area contributed by atoms with Crippen molar-refractivity contribution in [1.29, 1.82) is 0 Å². The molecular formula is C20H24N6O5S. The Labute approximate surface area is 185 Å². The van der Waals surface area contributed by atoms with Crippen molar-refractivity contribution in [1.82, 2.24) is 9.29 Å². The van der Waals surface area contributed by atoms with Gasteiger partial charge in [0.2, 0.25) is 10.0 Å². The highest BCUT2D eigenvalue weighted by Gasteiger charge is 2.33. The maximum absolute atomic E-state index is 13.3. The molecule has 11 nitrogen and oxygen atoms in total. The van der Waals surface area contributed by atoms with Crippen LogP contribution >= 0.6 is 0 Å². The Balaban J connectivity index is 1.62. The van der Waals surface area contributed by atoms with E-state index in [0.29, 0.717) is 56.3 Å². The minimum absolute atomic E-state index is 0.0438. The van der Waals surface area contributed by atoms with Crippen LogP contribution in [0.2, 0.25) is 0 Å². The second kappa shape index (κ2) is 8.71. The Morgan fingerprint density at radius 3 is 2.31 bits per heavy atom. The maximum atomic E-state index is 13.3. The highest BCUT2D eigenvalue weighted by molar-refractivity contribution is 7.89. The van der Waals surface area contributed by atoms with Gasteiger partial charge in [0, 0.05) is 57.6 Å². The number of rotatable bonds is 6. The SMILES string of the molecule is NC(=O)c1cccnc1N1CCN(c2ccc([N+](=O)[O-])cc2S(=O)(=O)N2CCCC2)CC1. The van der Waals surface area contributed by atoms with Crippen LogP contribution in [0.4, 0.5) is 17.2 Å². The van der Waals surface area contributed by atoms with Crippen molar-refractivity contribution in [2.75, 3.05) is 49.1 Å². The average molecular weight is 461 g/mol. The molecule has 2 aromatic rings. The second-order valence-corrected chi connectivity index (χ2v) is 9.64. The largest absolute Gasteiger partial charge is 0.367 e. The molecule has 2 aliphatic rings. The predicted molar refractivity (Wildman–Crippen MR) is 118 cm³/mol. The lowest BCUT2D eigenvalue weighted by molar-refractivity contribution is -0.385. The van der Waals surface area contributed by atoms with Gasteiger partial charge in [-0.2, -0.15) is 4.31 Å². The van der Waals surface area contributed by atoms with Gasteiger partial charge in [-0.3, -0.25) is 14.9 Å². The molecule has 4 rings (SSSR count). The fourth-order valence-corrected chi connectivity index (χ4v) is 5.90. The van der Waals surface area contributed by atoms with Gasteiger partial charge in [0.1, 0.15) is 10.7 Å². The zero-order valence-electron chi connectivity index (χ0n) is 17.4. The van der Waals surface area contributed by atoms with E-state index in [0.717, 1.165) is 18.9 Å². The molecule has 2 fully saturated rings. The Morgan fingerprint density at radius 1 is 1.03 bits per heavy atom. The number of benzene rings is 1. The summed E-state index contributed by atoms with van der Waals surface area (Å²) in [6.07, 6.45) is 3.13. The third kappa shape index (κ3) is 4.10. The van der Waals surface area contributed by atoms with Crippen LogP contribution in [0.1, 0.15) is 23.2 Å². The summed E-state index contributed by atoms with van der Waals surface area (Å²) in [5.74, 6) is -0.0712. The third-order valence-electron chi connectivity index (χ3n) is 5.81. The summed E-state index contributed by atoms with van der Waals surface area (Å²) in [7, 11) is -3.86. The molecule has 12 heteroatoms. The summed E-state index contributed by atoms with van der Waals surface area (Å²) >= 11 is 0. The van der Waals surface area contributed by atoms with Gasteiger partial charge in [-0.05, 0) is 31.0 Å². The van der Waals surface area contributed by atoms with Crippen molar-refractivity contribution in [3.05, 3.63) is 52.2 Å². The third-order valence-corrected chi connectivity index (χ3v) is 7.74. The quantitative estimate of drug-likeness (QED) is 0.500. The van der Waals surface area contributed by atoms with Gasteiger partial charge in [0.15, 0.2) is 0 Å². The Kier molecular flexibility index (Phi) is 5.98. The van der Waals surface area contributed by atoms with Crippen LogP contribution < -0.4 is 15.5 Å². The second-order valence-electron chi connectivity index (χ2n) is 7.73. The number of nitrogens with two attached hydrogens (primary N) is 1. The molecule has 2 aliphatic heterocycles. The number of pyridine rings is 1. The molecule has 0 aliphatic carbocycles. The lowest BCUT2D eigenvalue weighted by atomic mass is 10.2. The van der Waals surface area contributed by atoms with Crippen LogP contribution in [-0.2, 0) is 10.0 Å². The van der Waals surface area contributed by atoms with Gasteiger partial charge >= 0.3 is 0 Å². The standard InChI is InChI=1S/C20H24N6O5S/c21-19(27)16-4-3-7-22-20(16)24-12-10-23(11-13-24)17-6-5-15(26(28)29)14-18(17)32(30,31)25-8-1-2-9-25/h3-7,14H,1-2,8-13H2,(H2,21,27). The van der Waals surface area contributed by atoms with Crippen molar-refractivity contribution in [2.45, 2.75) is 17.7 Å². The minimum atomic E-state index is -3.86. The van der Waals surface area contributed by atoms with Crippen molar-refractivity contribution >= 4 is 33.1 Å². The number of carbonyl (C=O) groups excluding carboxylic acids is 1. The van der Waals surface area contributed by atoms with E-state index in [2.05, 4.69) is 4.98 Å². The maximum Gasteiger partial charge on any atom is 0.270 e. The number of hydrogen-bond donors (Lipinski definition) is 1. The molecule has 1 amide bonds. The molecule has 0 unspecified atom stereocenters. The van der Waals surface area contributed by atoms with Crippen LogP contribution in [0.15, 0.2) is 41.4 Å². The molecule has 3 heterocycles. The summed E-state index contributed by atoms with van der Waals surface area (Å²) in [5, 5.41) is 11.3. The number of carbonyl (C=O) groups is 1. The molecule has 1 aromatic heterocycles. The number of sulfonamides is 1. The molecule has 0 spiro atoms. The van der Waals surface area contributed by atoms with E-state index in [9.17, 15) is 23.3 Å². The van der Waals surface area contributed by atoms with Crippen molar-refractivity contribution in [2.24, 2.45) is 5.73 Å². The van der Waals surface area contributed by atoms with E-state index in [4.69, 9.17) is 5.73 Å². The van der Waals surface area contributed by atoms with Crippen molar-refractivity contribution < 1.29 is 18.1 Å². The van der Waals surface area contributed by atoms with Crippen LogP contribution in [-0.4, -0.2) is 67.8 Å². The zero-order chi connectivity index (χ0) is 22.9. The number of nitro benzene ring substituents is 1. The van der Waals surface area contributed by atoms with E-state index >= 15 is 0 Å². The number of primary amides is 1. The Hall–Kier alpha value is -3.25. The average Bonchev–Trinajstić information content (AvgIpc) is 3.35. The van der Waals surface area contributed by atoms with Crippen LogP contribution in [0.5, 0.6) is 0 Å². The number of non-ortho nitro benzene ring substituents is 1. The summed E-state index contributed by atoms with van der Waals surface area (Å²) < 4.78 is 28.0. The van der Waals surface area contributed by atoms with Crippen molar-refractivity contribution in [3.63, 3.8) is 0 Å². The number of hydrogen-bond acceptors (Lipinski definition) is 8. The van der Waals surface area contributed by atoms with Crippen LogP contribution in [0, 0.1) is 10.1 Å². The Morgan fingerprint density at radius 2 is 1.69 bits per heavy atom. The molecule has 0 saturated carbocycles. The number of aromatic nitrogens is 1. The molecule has 0 atom stereocenters. The first-order chi connectivity index (χ1) is 15.3. The van der Waals surface area contributed by atoms with E-state index in [-0.39, 0.29) is 10.6 Å². The predicted octanol–water partition coefficient (Wildman–Crippen LogP) is 1.20. The van der Waals surface area contributed by atoms with Gasteiger partial charge < -0.3 is 15.5 Å². The van der Waals surface area contributed by atoms with Crippen molar-refractivity contribution in [3.8, 4) is 0 Å². The monoisotopic (exact) mass is 460 g/mol. The molecule has 2 N–H and O–H groups in total. The summed E-state index contributed by atoms with van der Waals surface area (Å²) in [6.45, 7) is 2.70. The first-order valence-electron chi connectivity index (χ1n) is 10.3. The summed E-state index contributed by atoms with van der Waals surface area (Å²) in [4.78, 5) is 30.5. The number of amides is 1. The fourth-order valence-electron chi connectivity index (χ4n) is 4.15. The van der Waals surface area contributed by atoms with E-state index < -0.39 is 20.9 Å². The smallest absolute Gasteiger partial charge is 0.270 e. The molecule has 0 radical (unpaired) electrons. The summed E-state index contributed by atoms with van der Waals surface area (Å²) in [5.41, 5.74) is 5.97. The fraction of sp³-hybridized carbons (Fsp3) is 0.400. The molecule has 1 aromatic carbocycles. The van der Waals surface area contributed by atoms with Gasteiger partial charge in [0.25, 0.3) is 11.6 Å². The van der Waals surface area contributed by atoms with E-state index in [1.807, 2.05) is 9.80 Å². The minimum Gasteiger partial charge on any atom is -0.367 e. The Bertz CT molecular complexity index is 1140. The summed E-state index contributed by atoms with van der Waals surface area (Å²) in [6, 6.07) is 7.25. The molecule has 170 valence electrons. The number of nitrogens with zero attached hydrogens (tertiary/aromatic N) is 5. The number of nitro groups is 1. The number of piperazine rings is 1. The van der Waals surface area contributed by atoms with Gasteiger partial charge in [-0.1, -0.05) is 0 Å². The van der Waals surface area contributed by atoms with E-state index in [1.165, 1.54) is 16.4 Å². The first-order valence-corrected chi connectivity index (χ1v) is 11.8. The molecule has 32 heavy (non-hydrogen) atoms. The first kappa shape index (κ1) is 22.0. The molecule has 0 bridgehead atoms. The molecule has 2 saturated heterocycles.